The predicted molar refractivity (Wildman–Crippen MR) is 83.6 cm³/mol. The minimum Gasteiger partial charge on any atom is -0.507 e. The maximum Gasteiger partial charge on any atom is 0.126 e. The largest absolute Gasteiger partial charge is 0.507 e. The van der Waals surface area contributed by atoms with Gasteiger partial charge in [0.2, 0.25) is 0 Å². The number of aromatic hydroxyl groups is 1. The third-order valence-corrected chi connectivity index (χ3v) is 3.77. The van der Waals surface area contributed by atoms with E-state index in [4.69, 9.17) is 0 Å². The summed E-state index contributed by atoms with van der Waals surface area (Å²) < 4.78 is 14.1. The van der Waals surface area contributed by atoms with E-state index in [0.29, 0.717) is 5.56 Å². The molecule has 2 nitrogen and oxygen atoms in total. The summed E-state index contributed by atoms with van der Waals surface area (Å²) in [5, 5.41) is 13.2. The van der Waals surface area contributed by atoms with E-state index in [1.807, 2.05) is 19.1 Å². The Morgan fingerprint density at radius 2 is 2.00 bits per heavy atom. The molecule has 0 amide bonds. The van der Waals surface area contributed by atoms with Crippen LogP contribution in [-0.2, 0) is 6.42 Å². The third kappa shape index (κ3) is 3.31. The van der Waals surface area contributed by atoms with E-state index < -0.39 is 5.82 Å². The minimum absolute atomic E-state index is 0.0276. The number of rotatable bonds is 4. The molecule has 0 aliphatic carbocycles. The van der Waals surface area contributed by atoms with E-state index in [9.17, 15) is 9.50 Å². The summed E-state index contributed by atoms with van der Waals surface area (Å²) in [6, 6.07) is 10.0. The normalized spacial score (nSPS) is 12.2. The SMILES string of the molecule is CCc1cc(Br)ccc1NC(C)c1ccc(F)cc1O. The lowest BCUT2D eigenvalue weighted by Gasteiger charge is -2.19. The Labute approximate surface area is 126 Å². The van der Waals surface area contributed by atoms with Gasteiger partial charge in [0.05, 0.1) is 6.04 Å². The van der Waals surface area contributed by atoms with Crippen LogP contribution in [0.15, 0.2) is 40.9 Å². The van der Waals surface area contributed by atoms with E-state index in [0.717, 1.165) is 22.6 Å². The molecule has 106 valence electrons. The van der Waals surface area contributed by atoms with Crippen LogP contribution in [0.1, 0.15) is 31.0 Å². The molecular weight excluding hydrogens is 321 g/mol. The molecule has 0 bridgehead atoms. The fourth-order valence-corrected chi connectivity index (χ4v) is 2.60. The van der Waals surface area contributed by atoms with E-state index in [-0.39, 0.29) is 11.8 Å². The molecule has 0 saturated heterocycles. The molecule has 0 aliphatic rings. The molecule has 1 atom stereocenters. The summed E-state index contributed by atoms with van der Waals surface area (Å²) in [6.45, 7) is 4.03. The van der Waals surface area contributed by atoms with Gasteiger partial charge in [-0.15, -0.1) is 0 Å². The Hall–Kier alpha value is -1.55. The van der Waals surface area contributed by atoms with Crippen LogP contribution in [0.2, 0.25) is 0 Å². The van der Waals surface area contributed by atoms with Gasteiger partial charge in [0.1, 0.15) is 11.6 Å². The number of phenolic OH excluding ortho intramolecular Hbond substituents is 1. The molecule has 0 spiro atoms. The van der Waals surface area contributed by atoms with Crippen molar-refractivity contribution in [1.29, 1.82) is 0 Å². The maximum atomic E-state index is 13.0. The van der Waals surface area contributed by atoms with E-state index in [2.05, 4.69) is 34.2 Å². The summed E-state index contributed by atoms with van der Waals surface area (Å²) in [5.74, 6) is -0.462. The van der Waals surface area contributed by atoms with Crippen LogP contribution < -0.4 is 5.32 Å². The first-order valence-electron chi connectivity index (χ1n) is 6.54. The molecule has 4 heteroatoms. The van der Waals surface area contributed by atoms with Crippen molar-refractivity contribution >= 4 is 21.6 Å². The fraction of sp³-hybridized carbons (Fsp3) is 0.250. The van der Waals surface area contributed by atoms with Crippen molar-refractivity contribution in [2.24, 2.45) is 0 Å². The van der Waals surface area contributed by atoms with Crippen molar-refractivity contribution in [2.75, 3.05) is 5.32 Å². The highest BCUT2D eigenvalue weighted by molar-refractivity contribution is 9.10. The van der Waals surface area contributed by atoms with E-state index >= 15 is 0 Å². The van der Waals surface area contributed by atoms with Gasteiger partial charge in [-0.05, 0) is 43.2 Å². The van der Waals surface area contributed by atoms with Gasteiger partial charge in [-0.1, -0.05) is 28.9 Å². The van der Waals surface area contributed by atoms with Crippen LogP contribution in [0, 0.1) is 5.82 Å². The standard InChI is InChI=1S/C16H17BrFNO/c1-3-11-8-12(17)4-7-15(11)19-10(2)14-6-5-13(18)9-16(14)20/h4-10,19-20H,3H2,1-2H3. The molecule has 20 heavy (non-hydrogen) atoms. The zero-order valence-corrected chi connectivity index (χ0v) is 13.0. The highest BCUT2D eigenvalue weighted by Gasteiger charge is 2.12. The molecule has 2 N–H and O–H groups in total. The first-order chi connectivity index (χ1) is 9.51. The van der Waals surface area contributed by atoms with Gasteiger partial charge in [-0.25, -0.2) is 4.39 Å². The molecule has 2 aromatic rings. The first-order valence-corrected chi connectivity index (χ1v) is 7.34. The number of phenols is 1. The van der Waals surface area contributed by atoms with Crippen LogP contribution in [0.5, 0.6) is 5.75 Å². The molecule has 2 aromatic carbocycles. The highest BCUT2D eigenvalue weighted by Crippen LogP contribution is 2.30. The Kier molecular flexibility index (Phi) is 4.65. The summed E-state index contributed by atoms with van der Waals surface area (Å²) in [5.41, 5.74) is 2.89. The zero-order chi connectivity index (χ0) is 14.7. The van der Waals surface area contributed by atoms with Gasteiger partial charge in [-0.3, -0.25) is 0 Å². The van der Waals surface area contributed by atoms with Crippen molar-refractivity contribution in [3.05, 3.63) is 57.8 Å². The Balaban J connectivity index is 2.25. The maximum absolute atomic E-state index is 13.0. The monoisotopic (exact) mass is 337 g/mol. The van der Waals surface area contributed by atoms with Crippen LogP contribution in [0.25, 0.3) is 0 Å². The second kappa shape index (κ2) is 6.27. The average molecular weight is 338 g/mol. The third-order valence-electron chi connectivity index (χ3n) is 3.28. The lowest BCUT2D eigenvalue weighted by atomic mass is 10.0. The Bertz CT molecular complexity index is 615. The number of hydrogen-bond acceptors (Lipinski definition) is 2. The number of benzene rings is 2. The van der Waals surface area contributed by atoms with Gasteiger partial charge in [0, 0.05) is 21.8 Å². The molecule has 2 rings (SSSR count). The number of aryl methyl sites for hydroxylation is 1. The number of halogens is 2. The van der Waals surface area contributed by atoms with Gasteiger partial charge < -0.3 is 10.4 Å². The van der Waals surface area contributed by atoms with Gasteiger partial charge in [0.15, 0.2) is 0 Å². The number of anilines is 1. The Morgan fingerprint density at radius 1 is 1.25 bits per heavy atom. The Morgan fingerprint density at radius 3 is 2.65 bits per heavy atom. The van der Waals surface area contributed by atoms with Crippen molar-refractivity contribution < 1.29 is 9.50 Å². The average Bonchev–Trinajstić information content (AvgIpc) is 2.40. The number of hydrogen-bond donors (Lipinski definition) is 2. The lowest BCUT2D eigenvalue weighted by molar-refractivity contribution is 0.459. The van der Waals surface area contributed by atoms with Gasteiger partial charge in [-0.2, -0.15) is 0 Å². The first kappa shape index (κ1) is 14.9. The quantitative estimate of drug-likeness (QED) is 0.820. The van der Waals surface area contributed by atoms with Crippen LogP contribution >= 0.6 is 15.9 Å². The topological polar surface area (TPSA) is 32.3 Å². The molecule has 0 saturated carbocycles. The fourth-order valence-electron chi connectivity index (χ4n) is 2.19. The summed E-state index contributed by atoms with van der Waals surface area (Å²) in [4.78, 5) is 0. The predicted octanol–water partition coefficient (Wildman–Crippen LogP) is 5.03. The van der Waals surface area contributed by atoms with E-state index in [1.54, 1.807) is 6.07 Å². The molecule has 0 heterocycles. The van der Waals surface area contributed by atoms with Crippen molar-refractivity contribution in [3.63, 3.8) is 0 Å². The number of nitrogens with one attached hydrogen (secondary N) is 1. The molecule has 0 radical (unpaired) electrons. The second-order valence-corrected chi connectivity index (χ2v) is 5.64. The molecular formula is C16H17BrFNO. The molecule has 0 aliphatic heterocycles. The van der Waals surface area contributed by atoms with Crippen LogP contribution in [0.4, 0.5) is 10.1 Å². The molecule has 0 fully saturated rings. The van der Waals surface area contributed by atoms with Crippen molar-refractivity contribution in [1.82, 2.24) is 0 Å². The highest BCUT2D eigenvalue weighted by atomic mass is 79.9. The minimum atomic E-state index is -0.434. The molecule has 1 unspecified atom stereocenters. The second-order valence-electron chi connectivity index (χ2n) is 4.72. The lowest BCUT2D eigenvalue weighted by Crippen LogP contribution is -2.08. The van der Waals surface area contributed by atoms with Gasteiger partial charge in [0.25, 0.3) is 0 Å². The van der Waals surface area contributed by atoms with Crippen molar-refractivity contribution in [2.45, 2.75) is 26.3 Å². The summed E-state index contributed by atoms with van der Waals surface area (Å²) >= 11 is 3.46. The van der Waals surface area contributed by atoms with Gasteiger partial charge >= 0.3 is 0 Å². The molecule has 0 aromatic heterocycles. The van der Waals surface area contributed by atoms with E-state index in [1.165, 1.54) is 11.6 Å². The van der Waals surface area contributed by atoms with Crippen molar-refractivity contribution in [3.8, 4) is 5.75 Å². The zero-order valence-electron chi connectivity index (χ0n) is 11.5. The smallest absolute Gasteiger partial charge is 0.126 e. The summed E-state index contributed by atoms with van der Waals surface area (Å²) in [7, 11) is 0. The van der Waals surface area contributed by atoms with Crippen LogP contribution in [0.3, 0.4) is 0 Å². The summed E-state index contributed by atoms with van der Waals surface area (Å²) in [6.07, 6.45) is 0.907. The van der Waals surface area contributed by atoms with Crippen LogP contribution in [-0.4, -0.2) is 5.11 Å².